The minimum atomic E-state index is -4.01. The van der Waals surface area contributed by atoms with Gasteiger partial charge >= 0.3 is 0 Å². The van der Waals surface area contributed by atoms with E-state index in [2.05, 4.69) is 17.4 Å². The van der Waals surface area contributed by atoms with Crippen LogP contribution in [-0.4, -0.2) is 27.5 Å². The van der Waals surface area contributed by atoms with Gasteiger partial charge in [0.15, 0.2) is 0 Å². The van der Waals surface area contributed by atoms with E-state index in [0.717, 1.165) is 21.2 Å². The Balaban J connectivity index is 1.48. The number of amides is 1. The number of anilines is 2. The van der Waals surface area contributed by atoms with Crippen LogP contribution in [0.25, 0.3) is 0 Å². The molecule has 0 atom stereocenters. The molecule has 1 amide bonds. The van der Waals surface area contributed by atoms with Gasteiger partial charge in [0.2, 0.25) is 5.91 Å². The first kappa shape index (κ1) is 27.3. The Bertz CT molecular complexity index is 1440. The van der Waals surface area contributed by atoms with Gasteiger partial charge in [-0.25, -0.2) is 8.42 Å². The average molecular weight is 547 g/mol. The van der Waals surface area contributed by atoms with Crippen molar-refractivity contribution >= 4 is 39.1 Å². The molecule has 4 rings (SSSR count). The first-order valence-corrected chi connectivity index (χ1v) is 14.7. The fraction of sp³-hybridized carbons (Fsp3) is 0.167. The van der Waals surface area contributed by atoms with Gasteiger partial charge in [0, 0.05) is 16.3 Å². The first-order valence-electron chi connectivity index (χ1n) is 12.2. The molecular formula is C30H30N2O4S2. The van der Waals surface area contributed by atoms with Crippen molar-refractivity contribution in [3.8, 4) is 5.75 Å². The third-order valence-corrected chi connectivity index (χ3v) is 8.59. The molecule has 0 radical (unpaired) electrons. The molecule has 1 N–H and O–H groups in total. The number of thioether (sulfide) groups is 1. The summed E-state index contributed by atoms with van der Waals surface area (Å²) in [6.45, 7) is 3.89. The van der Waals surface area contributed by atoms with Crippen molar-refractivity contribution in [2.45, 2.75) is 29.4 Å². The monoisotopic (exact) mass is 546 g/mol. The molecule has 0 spiro atoms. The maximum Gasteiger partial charge on any atom is 0.264 e. The Kier molecular flexibility index (Phi) is 9.10. The highest BCUT2D eigenvalue weighted by atomic mass is 32.2. The molecule has 4 aromatic carbocycles. The molecule has 0 unspecified atom stereocenters. The van der Waals surface area contributed by atoms with Gasteiger partial charge in [-0.05, 0) is 80.1 Å². The number of nitrogens with zero attached hydrogens (tertiary/aromatic N) is 1. The lowest BCUT2D eigenvalue weighted by Crippen LogP contribution is -2.38. The summed E-state index contributed by atoms with van der Waals surface area (Å²) in [6.07, 6.45) is 0. The molecule has 4 aromatic rings. The lowest BCUT2D eigenvalue weighted by molar-refractivity contribution is -0.114. The number of hydrogen-bond acceptors (Lipinski definition) is 5. The molecule has 6 nitrogen and oxygen atoms in total. The van der Waals surface area contributed by atoms with Crippen LogP contribution in [0.5, 0.6) is 5.75 Å². The van der Waals surface area contributed by atoms with Crippen molar-refractivity contribution in [3.05, 3.63) is 114 Å². The van der Waals surface area contributed by atoms with Gasteiger partial charge in [-0.15, -0.1) is 11.8 Å². The molecule has 0 fully saturated rings. The van der Waals surface area contributed by atoms with E-state index >= 15 is 0 Å². The molecule has 38 heavy (non-hydrogen) atoms. The van der Waals surface area contributed by atoms with Gasteiger partial charge in [-0.2, -0.15) is 0 Å². The van der Waals surface area contributed by atoms with Crippen LogP contribution in [0.15, 0.2) is 113 Å². The zero-order chi connectivity index (χ0) is 27.0. The van der Waals surface area contributed by atoms with E-state index in [9.17, 15) is 13.2 Å². The molecule has 0 saturated heterocycles. The van der Waals surface area contributed by atoms with Crippen LogP contribution >= 0.6 is 11.8 Å². The predicted molar refractivity (Wildman–Crippen MR) is 154 cm³/mol. The Morgan fingerprint density at radius 2 is 1.53 bits per heavy atom. The minimum Gasteiger partial charge on any atom is -0.494 e. The largest absolute Gasteiger partial charge is 0.494 e. The second-order valence-corrected chi connectivity index (χ2v) is 11.5. The maximum atomic E-state index is 13.6. The van der Waals surface area contributed by atoms with E-state index in [0.29, 0.717) is 23.7 Å². The zero-order valence-electron chi connectivity index (χ0n) is 21.3. The van der Waals surface area contributed by atoms with Gasteiger partial charge in [-0.1, -0.05) is 48.0 Å². The summed E-state index contributed by atoms with van der Waals surface area (Å²) in [5.41, 5.74) is 3.12. The summed E-state index contributed by atoms with van der Waals surface area (Å²) >= 11 is 1.74. The molecule has 0 saturated carbocycles. The summed E-state index contributed by atoms with van der Waals surface area (Å²) in [5.74, 6) is 0.947. The normalized spacial score (nSPS) is 11.1. The van der Waals surface area contributed by atoms with E-state index in [-0.39, 0.29) is 11.4 Å². The van der Waals surface area contributed by atoms with Crippen LogP contribution in [0.4, 0.5) is 11.4 Å². The third kappa shape index (κ3) is 7.18. The maximum absolute atomic E-state index is 13.6. The topological polar surface area (TPSA) is 75.7 Å². The zero-order valence-corrected chi connectivity index (χ0v) is 23.0. The van der Waals surface area contributed by atoms with Crippen molar-refractivity contribution in [2.75, 3.05) is 22.8 Å². The Hall–Kier alpha value is -3.75. The molecule has 0 aliphatic heterocycles. The number of benzene rings is 4. The summed E-state index contributed by atoms with van der Waals surface area (Å²) in [4.78, 5) is 14.3. The number of sulfonamides is 1. The van der Waals surface area contributed by atoms with E-state index < -0.39 is 15.9 Å². The van der Waals surface area contributed by atoms with Crippen molar-refractivity contribution in [2.24, 2.45) is 0 Å². The Morgan fingerprint density at radius 1 is 0.868 bits per heavy atom. The highest BCUT2D eigenvalue weighted by Gasteiger charge is 2.27. The quantitative estimate of drug-likeness (QED) is 0.217. The molecule has 0 aliphatic carbocycles. The summed E-state index contributed by atoms with van der Waals surface area (Å²) < 4.78 is 33.8. The summed E-state index contributed by atoms with van der Waals surface area (Å²) in [7, 11) is -4.01. The van der Waals surface area contributed by atoms with Crippen LogP contribution in [0.1, 0.15) is 18.1 Å². The fourth-order valence-corrected chi connectivity index (χ4v) is 6.02. The van der Waals surface area contributed by atoms with Gasteiger partial charge in [-0.3, -0.25) is 9.10 Å². The molecule has 0 aliphatic rings. The SMILES string of the molecule is CCOc1ccc(S(=O)(=O)N(CC(=O)Nc2ccc(CSc3ccccc3)cc2)c2ccc(C)cc2)cc1. The van der Waals surface area contributed by atoms with Crippen molar-refractivity contribution in [3.63, 3.8) is 0 Å². The second kappa shape index (κ2) is 12.7. The van der Waals surface area contributed by atoms with Crippen LogP contribution < -0.4 is 14.4 Å². The molecule has 0 bridgehead atoms. The van der Waals surface area contributed by atoms with Crippen molar-refractivity contribution in [1.29, 1.82) is 0 Å². The number of nitrogens with one attached hydrogen (secondary N) is 1. The smallest absolute Gasteiger partial charge is 0.264 e. The highest BCUT2D eigenvalue weighted by Crippen LogP contribution is 2.26. The standard InChI is InChI=1S/C30H30N2O4S2/c1-3-36-27-17-19-29(20-18-27)38(34,35)32(26-15-9-23(2)10-16-26)21-30(33)31-25-13-11-24(12-14-25)22-37-28-7-5-4-6-8-28/h4-20H,3,21-22H2,1-2H3,(H,31,33). The number of ether oxygens (including phenoxy) is 1. The molecule has 0 aromatic heterocycles. The van der Waals surface area contributed by atoms with Crippen molar-refractivity contribution < 1.29 is 17.9 Å². The molecular weight excluding hydrogens is 516 g/mol. The summed E-state index contributed by atoms with van der Waals surface area (Å²) in [6, 6.07) is 31.0. The number of carbonyl (C=O) groups is 1. The predicted octanol–water partition coefficient (Wildman–Crippen LogP) is 6.52. The Labute approximate surface area is 228 Å². The van der Waals surface area contributed by atoms with E-state index in [1.165, 1.54) is 17.0 Å². The minimum absolute atomic E-state index is 0.0783. The van der Waals surface area contributed by atoms with Gasteiger partial charge in [0.05, 0.1) is 17.2 Å². The van der Waals surface area contributed by atoms with Crippen LogP contribution in [0.3, 0.4) is 0 Å². The summed E-state index contributed by atoms with van der Waals surface area (Å²) in [5, 5.41) is 2.83. The number of aryl methyl sites for hydroxylation is 1. The number of rotatable bonds is 11. The van der Waals surface area contributed by atoms with Crippen LogP contribution in [-0.2, 0) is 20.6 Å². The van der Waals surface area contributed by atoms with E-state index in [1.807, 2.05) is 68.4 Å². The fourth-order valence-electron chi connectivity index (χ4n) is 3.73. The first-order chi connectivity index (χ1) is 18.3. The number of hydrogen-bond donors (Lipinski definition) is 1. The van der Waals surface area contributed by atoms with Gasteiger partial charge < -0.3 is 10.1 Å². The van der Waals surface area contributed by atoms with Crippen molar-refractivity contribution in [1.82, 2.24) is 0 Å². The second-order valence-electron chi connectivity index (χ2n) is 8.60. The highest BCUT2D eigenvalue weighted by molar-refractivity contribution is 7.98. The molecule has 8 heteroatoms. The lowest BCUT2D eigenvalue weighted by Gasteiger charge is -2.24. The molecule has 0 heterocycles. The van der Waals surface area contributed by atoms with E-state index in [4.69, 9.17) is 4.74 Å². The molecule has 196 valence electrons. The lowest BCUT2D eigenvalue weighted by atomic mass is 10.2. The van der Waals surface area contributed by atoms with Crippen LogP contribution in [0.2, 0.25) is 0 Å². The Morgan fingerprint density at radius 3 is 2.16 bits per heavy atom. The average Bonchev–Trinajstić information content (AvgIpc) is 2.93. The van der Waals surface area contributed by atoms with Crippen LogP contribution in [0, 0.1) is 6.92 Å². The van der Waals surface area contributed by atoms with E-state index in [1.54, 1.807) is 36.0 Å². The number of carbonyl (C=O) groups excluding carboxylic acids is 1. The van der Waals surface area contributed by atoms with Gasteiger partial charge in [0.1, 0.15) is 12.3 Å². The third-order valence-electron chi connectivity index (χ3n) is 5.72. The van der Waals surface area contributed by atoms with Gasteiger partial charge in [0.25, 0.3) is 10.0 Å².